The summed E-state index contributed by atoms with van der Waals surface area (Å²) < 4.78 is 1.95. The lowest BCUT2D eigenvalue weighted by Crippen LogP contribution is -1.83. The van der Waals surface area contributed by atoms with Crippen LogP contribution in [0.25, 0.3) is 16.9 Å². The summed E-state index contributed by atoms with van der Waals surface area (Å²) in [4.78, 5) is 4.60. The Morgan fingerprint density at radius 1 is 1.00 bits per heavy atom. The summed E-state index contributed by atoms with van der Waals surface area (Å²) >= 11 is 5.97. The van der Waals surface area contributed by atoms with Crippen molar-refractivity contribution < 1.29 is 0 Å². The van der Waals surface area contributed by atoms with Gasteiger partial charge in [-0.15, -0.1) is 0 Å². The van der Waals surface area contributed by atoms with Gasteiger partial charge in [-0.3, -0.25) is 0 Å². The average molecular weight is 257 g/mol. The Balaban J connectivity index is 2.16. The van der Waals surface area contributed by atoms with Gasteiger partial charge in [-0.2, -0.15) is 0 Å². The average Bonchev–Trinajstić information content (AvgIpc) is 2.75. The molecule has 3 heteroatoms. The molecule has 0 saturated carbocycles. The van der Waals surface area contributed by atoms with E-state index in [1.807, 2.05) is 28.9 Å². The Bertz CT molecular complexity index is 728. The number of fused-ring (bicyclic) bond motifs is 1. The van der Waals surface area contributed by atoms with Crippen LogP contribution in [-0.4, -0.2) is 9.38 Å². The molecular formula is C15H13ClN2. The minimum Gasteiger partial charge on any atom is -0.305 e. The molecule has 90 valence electrons. The van der Waals surface area contributed by atoms with Crippen molar-refractivity contribution in [2.75, 3.05) is 0 Å². The first-order chi connectivity index (χ1) is 8.63. The zero-order valence-electron chi connectivity index (χ0n) is 10.3. The molecule has 18 heavy (non-hydrogen) atoms. The predicted molar refractivity (Wildman–Crippen MR) is 75.1 cm³/mol. The molecule has 0 aliphatic rings. The second kappa shape index (κ2) is 4.14. The summed E-state index contributed by atoms with van der Waals surface area (Å²) in [7, 11) is 0. The highest BCUT2D eigenvalue weighted by Crippen LogP contribution is 2.22. The van der Waals surface area contributed by atoms with Crippen molar-refractivity contribution in [3.8, 4) is 11.3 Å². The lowest BCUT2D eigenvalue weighted by Gasteiger charge is -2.01. The highest BCUT2D eigenvalue weighted by atomic mass is 35.5. The van der Waals surface area contributed by atoms with Crippen LogP contribution in [0.2, 0.25) is 5.02 Å². The fourth-order valence-corrected chi connectivity index (χ4v) is 2.17. The largest absolute Gasteiger partial charge is 0.305 e. The molecule has 0 saturated heterocycles. The summed E-state index contributed by atoms with van der Waals surface area (Å²) in [6.45, 7) is 4.23. The van der Waals surface area contributed by atoms with E-state index >= 15 is 0 Å². The normalized spacial score (nSPS) is 11.1. The molecule has 2 aromatic heterocycles. The SMILES string of the molecule is Cc1ccc(-c2cn3cc(Cl)ccc3n2)cc1C. The van der Waals surface area contributed by atoms with E-state index in [-0.39, 0.29) is 0 Å². The number of hydrogen-bond donors (Lipinski definition) is 0. The third-order valence-corrected chi connectivity index (χ3v) is 3.44. The molecule has 0 fully saturated rings. The van der Waals surface area contributed by atoms with E-state index in [0.717, 1.165) is 16.9 Å². The van der Waals surface area contributed by atoms with Crippen LogP contribution in [0.4, 0.5) is 0 Å². The number of aromatic nitrogens is 2. The van der Waals surface area contributed by atoms with E-state index in [1.165, 1.54) is 11.1 Å². The third kappa shape index (κ3) is 1.89. The van der Waals surface area contributed by atoms with E-state index in [1.54, 1.807) is 0 Å². The van der Waals surface area contributed by atoms with Gasteiger partial charge in [-0.25, -0.2) is 4.98 Å². The van der Waals surface area contributed by atoms with Crippen LogP contribution in [0, 0.1) is 13.8 Å². The Morgan fingerprint density at radius 2 is 1.83 bits per heavy atom. The van der Waals surface area contributed by atoms with Gasteiger partial charge in [-0.1, -0.05) is 23.7 Å². The second-order valence-corrected chi connectivity index (χ2v) is 4.97. The summed E-state index contributed by atoms with van der Waals surface area (Å²) in [5, 5.41) is 0.714. The Morgan fingerprint density at radius 3 is 2.61 bits per heavy atom. The topological polar surface area (TPSA) is 17.3 Å². The Labute approximate surface area is 111 Å². The van der Waals surface area contributed by atoms with Crippen LogP contribution >= 0.6 is 11.6 Å². The molecule has 0 spiro atoms. The zero-order valence-corrected chi connectivity index (χ0v) is 11.1. The molecule has 0 aliphatic carbocycles. The molecule has 3 rings (SSSR count). The molecule has 2 heterocycles. The van der Waals surface area contributed by atoms with E-state index in [9.17, 15) is 0 Å². The van der Waals surface area contributed by atoms with Crippen molar-refractivity contribution in [1.29, 1.82) is 0 Å². The van der Waals surface area contributed by atoms with E-state index in [4.69, 9.17) is 11.6 Å². The maximum Gasteiger partial charge on any atom is 0.137 e. The van der Waals surface area contributed by atoms with E-state index in [0.29, 0.717) is 5.02 Å². The van der Waals surface area contributed by atoms with Gasteiger partial charge < -0.3 is 4.40 Å². The number of pyridine rings is 1. The van der Waals surface area contributed by atoms with Gasteiger partial charge >= 0.3 is 0 Å². The highest BCUT2D eigenvalue weighted by molar-refractivity contribution is 6.30. The molecule has 0 radical (unpaired) electrons. The van der Waals surface area contributed by atoms with Gasteiger partial charge in [0.2, 0.25) is 0 Å². The third-order valence-electron chi connectivity index (χ3n) is 3.22. The molecule has 0 amide bonds. The van der Waals surface area contributed by atoms with Crippen LogP contribution in [0.3, 0.4) is 0 Å². The molecule has 3 aromatic rings. The smallest absolute Gasteiger partial charge is 0.137 e. The molecule has 0 aliphatic heterocycles. The number of aryl methyl sites for hydroxylation is 2. The molecule has 0 bridgehead atoms. The van der Waals surface area contributed by atoms with Crippen molar-refractivity contribution >= 4 is 17.2 Å². The maximum absolute atomic E-state index is 5.97. The maximum atomic E-state index is 5.97. The zero-order chi connectivity index (χ0) is 12.7. The lowest BCUT2D eigenvalue weighted by molar-refractivity contribution is 1.19. The monoisotopic (exact) mass is 256 g/mol. The minimum atomic E-state index is 0.714. The van der Waals surface area contributed by atoms with Crippen molar-refractivity contribution in [3.63, 3.8) is 0 Å². The quantitative estimate of drug-likeness (QED) is 0.636. The van der Waals surface area contributed by atoms with Crippen molar-refractivity contribution in [2.45, 2.75) is 13.8 Å². The van der Waals surface area contributed by atoms with Crippen molar-refractivity contribution in [2.24, 2.45) is 0 Å². The molecule has 0 N–H and O–H groups in total. The highest BCUT2D eigenvalue weighted by Gasteiger charge is 2.05. The van der Waals surface area contributed by atoms with E-state index < -0.39 is 0 Å². The first-order valence-corrected chi connectivity index (χ1v) is 6.23. The standard InChI is InChI=1S/C15H13ClN2/c1-10-3-4-12(7-11(10)2)14-9-18-8-13(16)5-6-15(18)17-14/h3-9H,1-2H3. The van der Waals surface area contributed by atoms with Gasteiger partial charge in [-0.05, 0) is 43.2 Å². The Kier molecular flexibility index (Phi) is 2.60. The number of rotatable bonds is 1. The molecule has 0 unspecified atom stereocenters. The number of imidazole rings is 1. The molecule has 0 atom stereocenters. The minimum absolute atomic E-state index is 0.714. The van der Waals surface area contributed by atoms with Crippen LogP contribution in [0.5, 0.6) is 0 Å². The van der Waals surface area contributed by atoms with Crippen LogP contribution in [0.15, 0.2) is 42.7 Å². The van der Waals surface area contributed by atoms with Crippen LogP contribution < -0.4 is 0 Å². The number of halogens is 1. The van der Waals surface area contributed by atoms with Crippen LogP contribution in [-0.2, 0) is 0 Å². The van der Waals surface area contributed by atoms with Gasteiger partial charge in [0, 0.05) is 18.0 Å². The summed E-state index contributed by atoms with van der Waals surface area (Å²) in [5.41, 5.74) is 5.60. The first kappa shape index (κ1) is 11.3. The van der Waals surface area contributed by atoms with Gasteiger partial charge in [0.1, 0.15) is 5.65 Å². The lowest BCUT2D eigenvalue weighted by atomic mass is 10.1. The van der Waals surface area contributed by atoms with Crippen LogP contribution in [0.1, 0.15) is 11.1 Å². The summed E-state index contributed by atoms with van der Waals surface area (Å²) in [6, 6.07) is 10.2. The Hall–Kier alpha value is -1.80. The second-order valence-electron chi connectivity index (χ2n) is 4.54. The van der Waals surface area contributed by atoms with Crippen molar-refractivity contribution in [3.05, 3.63) is 58.9 Å². The number of hydrogen-bond acceptors (Lipinski definition) is 1. The molecule has 1 aromatic carbocycles. The fraction of sp³-hybridized carbons (Fsp3) is 0.133. The van der Waals surface area contributed by atoms with Gasteiger partial charge in [0.05, 0.1) is 10.7 Å². The summed E-state index contributed by atoms with van der Waals surface area (Å²) in [6.07, 6.45) is 3.87. The van der Waals surface area contributed by atoms with E-state index in [2.05, 4.69) is 37.0 Å². The fourth-order valence-electron chi connectivity index (χ4n) is 2.00. The summed E-state index contributed by atoms with van der Waals surface area (Å²) in [5.74, 6) is 0. The molecular weight excluding hydrogens is 244 g/mol. The first-order valence-electron chi connectivity index (χ1n) is 5.85. The predicted octanol–water partition coefficient (Wildman–Crippen LogP) is 4.27. The van der Waals surface area contributed by atoms with Gasteiger partial charge in [0.15, 0.2) is 0 Å². The number of benzene rings is 1. The number of nitrogens with zero attached hydrogens (tertiary/aromatic N) is 2. The van der Waals surface area contributed by atoms with Gasteiger partial charge in [0.25, 0.3) is 0 Å². The molecule has 2 nitrogen and oxygen atoms in total. The van der Waals surface area contributed by atoms with Crippen molar-refractivity contribution in [1.82, 2.24) is 9.38 Å².